The van der Waals surface area contributed by atoms with E-state index in [9.17, 15) is 8.42 Å². The molecule has 0 radical (unpaired) electrons. The van der Waals surface area contributed by atoms with Crippen molar-refractivity contribution in [1.29, 1.82) is 0 Å². The molecule has 0 spiro atoms. The highest BCUT2D eigenvalue weighted by atomic mass is 32.2. The smallest absolute Gasteiger partial charge is 0.276 e. The Morgan fingerprint density at radius 2 is 2.11 bits per heavy atom. The van der Waals surface area contributed by atoms with Crippen LogP contribution in [0.15, 0.2) is 34.7 Å². The summed E-state index contributed by atoms with van der Waals surface area (Å²) in [5.41, 5.74) is 0. The number of ether oxygens (including phenoxy) is 1. The topological polar surface area (TPSA) is 72.4 Å². The summed E-state index contributed by atoms with van der Waals surface area (Å²) in [7, 11) is -0.685. The molecule has 2 aromatic rings. The van der Waals surface area contributed by atoms with Gasteiger partial charge in [-0.1, -0.05) is 6.07 Å². The number of hydrogen-bond donors (Lipinski definition) is 0. The van der Waals surface area contributed by atoms with E-state index in [0.717, 1.165) is 15.8 Å². The van der Waals surface area contributed by atoms with Crippen LogP contribution in [0, 0.1) is 0 Å². The lowest BCUT2D eigenvalue weighted by Gasteiger charge is -2.17. The summed E-state index contributed by atoms with van der Waals surface area (Å²) >= 11 is 0.924. The van der Waals surface area contributed by atoms with Crippen LogP contribution >= 0.6 is 11.5 Å². The van der Waals surface area contributed by atoms with E-state index in [1.165, 1.54) is 26.4 Å². The Morgan fingerprint density at radius 3 is 2.72 bits per heavy atom. The molecule has 0 aromatic carbocycles. The summed E-state index contributed by atoms with van der Waals surface area (Å²) in [6, 6.07) is 6.38. The van der Waals surface area contributed by atoms with Gasteiger partial charge in [0.15, 0.2) is 4.21 Å². The first-order valence-corrected chi connectivity index (χ1v) is 7.17. The standard InChI is InChI=1S/C10H11N3O3S2/c1-13(8-4-3-5-9(12-8)16-2)18(14,15)10-6-7-11-17-10/h3-7H,1-2H3. The van der Waals surface area contributed by atoms with Crippen LogP contribution < -0.4 is 9.04 Å². The minimum Gasteiger partial charge on any atom is -0.481 e. The Hall–Kier alpha value is -1.67. The molecule has 2 aromatic heterocycles. The number of aromatic nitrogens is 2. The minimum atomic E-state index is -3.60. The largest absolute Gasteiger partial charge is 0.481 e. The quantitative estimate of drug-likeness (QED) is 0.848. The summed E-state index contributed by atoms with van der Waals surface area (Å²) in [4.78, 5) is 4.08. The fraction of sp³-hybridized carbons (Fsp3) is 0.200. The van der Waals surface area contributed by atoms with Crippen LogP contribution in [0.3, 0.4) is 0 Å². The van der Waals surface area contributed by atoms with Crippen LogP contribution in [-0.4, -0.2) is 31.9 Å². The number of pyridine rings is 1. The fourth-order valence-corrected chi connectivity index (χ4v) is 3.33. The fourth-order valence-electron chi connectivity index (χ4n) is 1.29. The van der Waals surface area contributed by atoms with Gasteiger partial charge in [0.05, 0.1) is 7.11 Å². The van der Waals surface area contributed by atoms with Crippen LogP contribution in [0.5, 0.6) is 5.88 Å². The molecular formula is C10H11N3O3S2. The van der Waals surface area contributed by atoms with Gasteiger partial charge in [0, 0.05) is 19.3 Å². The molecule has 0 aliphatic carbocycles. The van der Waals surface area contributed by atoms with E-state index in [2.05, 4.69) is 9.36 Å². The zero-order chi connectivity index (χ0) is 13.2. The van der Waals surface area contributed by atoms with Gasteiger partial charge in [-0.25, -0.2) is 8.42 Å². The first-order valence-electron chi connectivity index (χ1n) is 4.96. The maximum Gasteiger partial charge on any atom is 0.276 e. The lowest BCUT2D eigenvalue weighted by Crippen LogP contribution is -2.26. The Balaban J connectivity index is 2.39. The monoisotopic (exact) mass is 285 g/mol. The lowest BCUT2D eigenvalue weighted by molar-refractivity contribution is 0.398. The molecule has 8 heteroatoms. The Bertz CT molecular complexity index is 626. The highest BCUT2D eigenvalue weighted by Crippen LogP contribution is 2.23. The Kier molecular flexibility index (Phi) is 3.48. The predicted molar refractivity (Wildman–Crippen MR) is 68.5 cm³/mol. The van der Waals surface area contributed by atoms with Crippen molar-refractivity contribution in [3.05, 3.63) is 30.5 Å². The maximum atomic E-state index is 12.2. The third kappa shape index (κ3) is 2.29. The van der Waals surface area contributed by atoms with Crippen LogP contribution in [0.4, 0.5) is 5.82 Å². The number of hydrogen-bond acceptors (Lipinski definition) is 6. The number of rotatable bonds is 4. The van der Waals surface area contributed by atoms with Crippen molar-refractivity contribution in [2.45, 2.75) is 4.21 Å². The summed E-state index contributed by atoms with van der Waals surface area (Å²) in [5, 5.41) is 0. The molecule has 2 heterocycles. The molecule has 0 unspecified atom stereocenters. The summed E-state index contributed by atoms with van der Waals surface area (Å²) in [6.07, 6.45) is 1.45. The van der Waals surface area contributed by atoms with E-state index in [1.807, 2.05) is 0 Å². The first kappa shape index (κ1) is 12.8. The van der Waals surface area contributed by atoms with Gasteiger partial charge in [-0.05, 0) is 23.7 Å². The highest BCUT2D eigenvalue weighted by Gasteiger charge is 2.23. The van der Waals surface area contributed by atoms with Crippen LogP contribution in [-0.2, 0) is 10.0 Å². The Labute approximate surface area is 109 Å². The molecule has 18 heavy (non-hydrogen) atoms. The maximum absolute atomic E-state index is 12.2. The minimum absolute atomic E-state index is 0.176. The van der Waals surface area contributed by atoms with Crippen molar-refractivity contribution < 1.29 is 13.2 Å². The van der Waals surface area contributed by atoms with E-state index in [-0.39, 0.29) is 4.21 Å². The molecule has 96 valence electrons. The van der Waals surface area contributed by atoms with Gasteiger partial charge < -0.3 is 4.74 Å². The zero-order valence-electron chi connectivity index (χ0n) is 9.77. The average Bonchev–Trinajstić information content (AvgIpc) is 2.92. The molecule has 6 nitrogen and oxygen atoms in total. The van der Waals surface area contributed by atoms with Gasteiger partial charge in [0.25, 0.3) is 10.0 Å². The van der Waals surface area contributed by atoms with Gasteiger partial charge in [-0.3, -0.25) is 4.31 Å². The van der Waals surface area contributed by atoms with Crippen molar-refractivity contribution in [3.8, 4) is 5.88 Å². The third-order valence-electron chi connectivity index (χ3n) is 2.27. The van der Waals surface area contributed by atoms with E-state index in [1.54, 1.807) is 18.2 Å². The molecule has 0 fully saturated rings. The van der Waals surface area contributed by atoms with E-state index in [4.69, 9.17) is 4.74 Å². The number of methoxy groups -OCH3 is 1. The van der Waals surface area contributed by atoms with Gasteiger partial charge in [-0.2, -0.15) is 9.36 Å². The molecular weight excluding hydrogens is 274 g/mol. The number of sulfonamides is 1. The second kappa shape index (κ2) is 4.91. The van der Waals surface area contributed by atoms with Crippen molar-refractivity contribution in [2.24, 2.45) is 0 Å². The molecule has 0 bridgehead atoms. The lowest BCUT2D eigenvalue weighted by atomic mass is 10.4. The van der Waals surface area contributed by atoms with Crippen molar-refractivity contribution in [1.82, 2.24) is 9.36 Å². The first-order chi connectivity index (χ1) is 8.55. The van der Waals surface area contributed by atoms with E-state index < -0.39 is 10.0 Å². The van der Waals surface area contributed by atoms with Gasteiger partial charge in [0.1, 0.15) is 5.82 Å². The SMILES string of the molecule is COc1cccc(N(C)S(=O)(=O)c2ccns2)n1. The second-order valence-corrected chi connectivity index (χ2v) is 6.37. The molecule has 0 aliphatic heterocycles. The highest BCUT2D eigenvalue weighted by molar-refractivity contribution is 7.94. The molecule has 0 N–H and O–H groups in total. The summed E-state index contributed by atoms with van der Waals surface area (Å²) < 4.78 is 34.4. The van der Waals surface area contributed by atoms with Crippen LogP contribution in [0.2, 0.25) is 0 Å². The summed E-state index contributed by atoms with van der Waals surface area (Å²) in [5.74, 6) is 0.654. The molecule has 0 saturated carbocycles. The molecule has 0 amide bonds. The van der Waals surface area contributed by atoms with Gasteiger partial charge in [-0.15, -0.1) is 0 Å². The van der Waals surface area contributed by atoms with Crippen LogP contribution in [0.1, 0.15) is 0 Å². The zero-order valence-corrected chi connectivity index (χ0v) is 11.4. The van der Waals surface area contributed by atoms with Gasteiger partial charge >= 0.3 is 0 Å². The molecule has 0 saturated heterocycles. The molecule has 2 rings (SSSR count). The average molecular weight is 285 g/mol. The molecule has 0 aliphatic rings. The van der Waals surface area contributed by atoms with Gasteiger partial charge in [0.2, 0.25) is 5.88 Å². The van der Waals surface area contributed by atoms with Crippen LogP contribution in [0.25, 0.3) is 0 Å². The predicted octanol–water partition coefficient (Wildman–Crippen LogP) is 1.37. The summed E-state index contributed by atoms with van der Waals surface area (Å²) in [6.45, 7) is 0. The van der Waals surface area contributed by atoms with E-state index >= 15 is 0 Å². The Morgan fingerprint density at radius 1 is 1.33 bits per heavy atom. The van der Waals surface area contributed by atoms with E-state index in [0.29, 0.717) is 11.7 Å². The number of nitrogens with zero attached hydrogens (tertiary/aromatic N) is 3. The number of anilines is 1. The van der Waals surface area contributed by atoms with Crippen molar-refractivity contribution in [2.75, 3.05) is 18.5 Å². The molecule has 0 atom stereocenters. The third-order valence-corrected chi connectivity index (χ3v) is 5.22. The van der Waals surface area contributed by atoms with Crippen molar-refractivity contribution >= 4 is 27.4 Å². The van der Waals surface area contributed by atoms with Crippen molar-refractivity contribution in [3.63, 3.8) is 0 Å². The second-order valence-electron chi connectivity index (χ2n) is 3.34. The normalized spacial score (nSPS) is 11.2.